The van der Waals surface area contributed by atoms with E-state index in [-0.39, 0.29) is 0 Å². The summed E-state index contributed by atoms with van der Waals surface area (Å²) in [6.07, 6.45) is 0. The zero-order valence-electron chi connectivity index (χ0n) is 11.7. The lowest BCUT2D eigenvalue weighted by Gasteiger charge is -2.09. The molecule has 20 heavy (non-hydrogen) atoms. The SMILES string of the molecule is Cc1ccc(-c2nc(Cl)c3c(C)cccc3n2)c(C)c1. The molecule has 0 amide bonds. The number of hydrogen-bond donors (Lipinski definition) is 0. The minimum Gasteiger partial charge on any atom is -0.228 e. The Morgan fingerprint density at radius 2 is 1.70 bits per heavy atom. The van der Waals surface area contributed by atoms with Crippen molar-refractivity contribution in [3.05, 3.63) is 58.2 Å². The van der Waals surface area contributed by atoms with Crippen molar-refractivity contribution < 1.29 is 0 Å². The van der Waals surface area contributed by atoms with Crippen molar-refractivity contribution in [2.45, 2.75) is 20.8 Å². The second kappa shape index (κ2) is 4.88. The van der Waals surface area contributed by atoms with Crippen LogP contribution in [0.25, 0.3) is 22.3 Å². The maximum atomic E-state index is 6.35. The van der Waals surface area contributed by atoms with Crippen molar-refractivity contribution >= 4 is 22.5 Å². The van der Waals surface area contributed by atoms with E-state index in [1.54, 1.807) is 0 Å². The van der Waals surface area contributed by atoms with Gasteiger partial charge in [-0.3, -0.25) is 0 Å². The van der Waals surface area contributed by atoms with Crippen LogP contribution in [-0.2, 0) is 0 Å². The third-order valence-electron chi connectivity index (χ3n) is 3.51. The largest absolute Gasteiger partial charge is 0.228 e. The summed E-state index contributed by atoms with van der Waals surface area (Å²) in [5.74, 6) is 0.686. The molecule has 0 radical (unpaired) electrons. The molecule has 0 N–H and O–H groups in total. The summed E-state index contributed by atoms with van der Waals surface area (Å²) < 4.78 is 0. The number of nitrogens with zero attached hydrogens (tertiary/aromatic N) is 2. The van der Waals surface area contributed by atoms with Crippen LogP contribution in [0.15, 0.2) is 36.4 Å². The molecule has 0 spiro atoms. The highest BCUT2D eigenvalue weighted by Crippen LogP contribution is 2.28. The van der Waals surface area contributed by atoms with Gasteiger partial charge in [0.2, 0.25) is 0 Å². The van der Waals surface area contributed by atoms with E-state index in [1.807, 2.05) is 25.1 Å². The van der Waals surface area contributed by atoms with Gasteiger partial charge in [0, 0.05) is 10.9 Å². The third-order valence-corrected chi connectivity index (χ3v) is 3.78. The molecule has 0 saturated carbocycles. The van der Waals surface area contributed by atoms with Crippen molar-refractivity contribution in [3.63, 3.8) is 0 Å². The van der Waals surface area contributed by atoms with E-state index in [0.29, 0.717) is 11.0 Å². The summed E-state index contributed by atoms with van der Waals surface area (Å²) in [5, 5.41) is 1.45. The van der Waals surface area contributed by atoms with E-state index in [1.165, 1.54) is 5.56 Å². The van der Waals surface area contributed by atoms with Gasteiger partial charge in [0.05, 0.1) is 5.52 Å². The number of halogens is 1. The predicted octanol–water partition coefficient (Wildman–Crippen LogP) is 4.88. The first kappa shape index (κ1) is 13.1. The molecule has 1 aromatic heterocycles. The van der Waals surface area contributed by atoms with Crippen LogP contribution in [0.4, 0.5) is 0 Å². The smallest absolute Gasteiger partial charge is 0.161 e. The second-order valence-corrected chi connectivity index (χ2v) is 5.48. The van der Waals surface area contributed by atoms with E-state index >= 15 is 0 Å². The predicted molar refractivity (Wildman–Crippen MR) is 84.2 cm³/mol. The Bertz CT molecular complexity index is 809. The van der Waals surface area contributed by atoms with Gasteiger partial charge in [0.15, 0.2) is 5.82 Å². The molecule has 0 bridgehead atoms. The van der Waals surface area contributed by atoms with Crippen molar-refractivity contribution in [1.29, 1.82) is 0 Å². The van der Waals surface area contributed by atoms with Gasteiger partial charge in [-0.15, -0.1) is 0 Å². The second-order valence-electron chi connectivity index (χ2n) is 5.13. The highest BCUT2D eigenvalue weighted by atomic mass is 35.5. The van der Waals surface area contributed by atoms with E-state index in [9.17, 15) is 0 Å². The van der Waals surface area contributed by atoms with E-state index in [4.69, 9.17) is 11.6 Å². The minimum absolute atomic E-state index is 0.517. The van der Waals surface area contributed by atoms with Gasteiger partial charge in [-0.05, 0) is 38.0 Å². The summed E-state index contributed by atoms with van der Waals surface area (Å²) in [7, 11) is 0. The molecular weight excluding hydrogens is 268 g/mol. The van der Waals surface area contributed by atoms with Crippen molar-refractivity contribution in [2.75, 3.05) is 0 Å². The van der Waals surface area contributed by atoms with Crippen molar-refractivity contribution in [1.82, 2.24) is 9.97 Å². The van der Waals surface area contributed by atoms with Crippen LogP contribution in [-0.4, -0.2) is 9.97 Å². The molecule has 0 aliphatic carbocycles. The number of aryl methyl sites for hydroxylation is 3. The van der Waals surface area contributed by atoms with Gasteiger partial charge in [-0.2, -0.15) is 0 Å². The Hall–Kier alpha value is -1.93. The first-order valence-corrected chi connectivity index (χ1v) is 6.94. The van der Waals surface area contributed by atoms with Gasteiger partial charge in [-0.1, -0.05) is 47.5 Å². The molecule has 0 aliphatic heterocycles. The Labute approximate surface area is 123 Å². The van der Waals surface area contributed by atoms with E-state index in [2.05, 4.69) is 42.0 Å². The first-order chi connectivity index (χ1) is 9.56. The molecule has 0 aliphatic rings. The van der Waals surface area contributed by atoms with Crippen LogP contribution < -0.4 is 0 Å². The monoisotopic (exact) mass is 282 g/mol. The molecule has 2 nitrogen and oxygen atoms in total. The van der Waals surface area contributed by atoms with Crippen molar-refractivity contribution in [3.8, 4) is 11.4 Å². The Morgan fingerprint density at radius 1 is 0.900 bits per heavy atom. The van der Waals surface area contributed by atoms with Gasteiger partial charge in [-0.25, -0.2) is 9.97 Å². The molecule has 3 aromatic rings. The van der Waals surface area contributed by atoms with Gasteiger partial charge in [0.1, 0.15) is 5.15 Å². The number of hydrogen-bond acceptors (Lipinski definition) is 2. The molecule has 0 unspecified atom stereocenters. The summed E-state index contributed by atoms with van der Waals surface area (Å²) in [6, 6.07) is 12.2. The molecular formula is C17H15ClN2. The van der Waals surface area contributed by atoms with Gasteiger partial charge in [0.25, 0.3) is 0 Å². The minimum atomic E-state index is 0.517. The number of aromatic nitrogens is 2. The first-order valence-electron chi connectivity index (χ1n) is 6.57. The topological polar surface area (TPSA) is 25.8 Å². The maximum absolute atomic E-state index is 6.35. The van der Waals surface area contributed by atoms with E-state index in [0.717, 1.165) is 27.6 Å². The molecule has 0 saturated heterocycles. The fraction of sp³-hybridized carbons (Fsp3) is 0.176. The fourth-order valence-corrected chi connectivity index (χ4v) is 2.81. The summed E-state index contributed by atoms with van der Waals surface area (Å²) >= 11 is 6.35. The van der Waals surface area contributed by atoms with Crippen LogP contribution in [0.2, 0.25) is 5.15 Å². The zero-order chi connectivity index (χ0) is 14.3. The molecule has 3 heteroatoms. The van der Waals surface area contributed by atoms with Crippen LogP contribution in [0.5, 0.6) is 0 Å². The van der Waals surface area contributed by atoms with Crippen LogP contribution >= 0.6 is 11.6 Å². The summed E-state index contributed by atoms with van der Waals surface area (Å²) in [5.41, 5.74) is 5.41. The molecule has 0 atom stereocenters. The van der Waals surface area contributed by atoms with Gasteiger partial charge >= 0.3 is 0 Å². The lowest BCUT2D eigenvalue weighted by atomic mass is 10.0. The van der Waals surface area contributed by atoms with Crippen LogP contribution in [0.1, 0.15) is 16.7 Å². The standard InChI is InChI=1S/C17H15ClN2/c1-10-7-8-13(12(3)9-10)17-19-14-6-4-5-11(2)15(14)16(18)20-17/h4-9H,1-3H3. The fourth-order valence-electron chi connectivity index (χ4n) is 2.49. The highest BCUT2D eigenvalue weighted by Gasteiger charge is 2.11. The molecule has 2 aromatic carbocycles. The number of fused-ring (bicyclic) bond motifs is 1. The van der Waals surface area contributed by atoms with Crippen molar-refractivity contribution in [2.24, 2.45) is 0 Å². The Kier molecular flexibility index (Phi) is 3.19. The number of rotatable bonds is 1. The lowest BCUT2D eigenvalue weighted by molar-refractivity contribution is 1.20. The third kappa shape index (κ3) is 2.16. The Balaban J connectivity index is 2.28. The normalized spacial score (nSPS) is 11.0. The van der Waals surface area contributed by atoms with Gasteiger partial charge < -0.3 is 0 Å². The Morgan fingerprint density at radius 3 is 2.45 bits per heavy atom. The quantitative estimate of drug-likeness (QED) is 0.595. The molecule has 1 heterocycles. The highest BCUT2D eigenvalue weighted by molar-refractivity contribution is 6.34. The molecule has 100 valence electrons. The van der Waals surface area contributed by atoms with E-state index < -0.39 is 0 Å². The maximum Gasteiger partial charge on any atom is 0.161 e. The average molecular weight is 283 g/mol. The summed E-state index contributed by atoms with van der Waals surface area (Å²) in [4.78, 5) is 9.14. The summed E-state index contributed by atoms with van der Waals surface area (Å²) in [6.45, 7) is 6.17. The molecule has 0 fully saturated rings. The lowest BCUT2D eigenvalue weighted by Crippen LogP contribution is -1.95. The van der Waals surface area contributed by atoms with Crippen LogP contribution in [0, 0.1) is 20.8 Å². The molecule has 3 rings (SSSR count). The average Bonchev–Trinajstić information content (AvgIpc) is 2.38. The number of benzene rings is 2. The van der Waals surface area contributed by atoms with Crippen LogP contribution in [0.3, 0.4) is 0 Å². The zero-order valence-corrected chi connectivity index (χ0v) is 12.5.